The molecule has 2 bridgehead atoms. The van der Waals surface area contributed by atoms with Crippen LogP contribution in [0.15, 0.2) is 0 Å². The standard InChI is InChI=1S/C11H17NO5S/c1-10(2)7-3-4-11(10,8(13)5-7)6-18(15,16)9-12(14)17-9/h7,9,14H,3-6H2,1-2H3/t7?,9?,11-,12?/m1/s1. The van der Waals surface area contributed by atoms with Crippen molar-refractivity contribution in [1.29, 1.82) is 0 Å². The van der Waals surface area contributed by atoms with E-state index in [9.17, 15) is 13.2 Å². The summed E-state index contributed by atoms with van der Waals surface area (Å²) in [5, 5.41) is 9.27. The second-order valence-electron chi connectivity index (χ2n) is 6.19. The summed E-state index contributed by atoms with van der Waals surface area (Å²) in [6, 6.07) is 0. The number of hydroxylamine groups is 2. The Hall–Kier alpha value is -0.500. The van der Waals surface area contributed by atoms with Crippen LogP contribution < -0.4 is 0 Å². The van der Waals surface area contributed by atoms with E-state index >= 15 is 0 Å². The van der Waals surface area contributed by atoms with Crippen molar-refractivity contribution in [1.82, 2.24) is 5.23 Å². The Kier molecular flexibility index (Phi) is 2.32. The zero-order valence-electron chi connectivity index (χ0n) is 10.4. The van der Waals surface area contributed by atoms with E-state index in [1.165, 1.54) is 0 Å². The van der Waals surface area contributed by atoms with Gasteiger partial charge < -0.3 is 0 Å². The summed E-state index contributed by atoms with van der Waals surface area (Å²) in [4.78, 5) is 16.7. The fraction of sp³-hybridized carbons (Fsp3) is 0.909. The van der Waals surface area contributed by atoms with Crippen molar-refractivity contribution in [2.24, 2.45) is 16.7 Å². The molecule has 7 heteroatoms. The van der Waals surface area contributed by atoms with Crippen molar-refractivity contribution in [3.05, 3.63) is 0 Å². The third-order valence-electron chi connectivity index (χ3n) is 5.23. The maximum atomic E-state index is 12.2. The van der Waals surface area contributed by atoms with E-state index in [-0.39, 0.29) is 22.9 Å². The van der Waals surface area contributed by atoms with Crippen LogP contribution in [0.5, 0.6) is 0 Å². The number of hydrogen-bond acceptors (Lipinski definition) is 6. The second-order valence-corrected chi connectivity index (χ2v) is 8.21. The van der Waals surface area contributed by atoms with E-state index < -0.39 is 20.8 Å². The number of fused-ring (bicyclic) bond motifs is 2. The lowest BCUT2D eigenvalue weighted by molar-refractivity contribution is -0.128. The van der Waals surface area contributed by atoms with E-state index in [2.05, 4.69) is 4.84 Å². The third-order valence-corrected chi connectivity index (χ3v) is 7.00. The molecule has 0 aromatic heterocycles. The second kappa shape index (κ2) is 3.33. The molecule has 3 aliphatic rings. The van der Waals surface area contributed by atoms with Gasteiger partial charge in [0.05, 0.1) is 5.75 Å². The minimum atomic E-state index is -3.63. The maximum Gasteiger partial charge on any atom is 0.283 e. The quantitative estimate of drug-likeness (QED) is 0.764. The van der Waals surface area contributed by atoms with Gasteiger partial charge in [-0.3, -0.25) is 10.0 Å². The molecule has 2 saturated carbocycles. The zero-order valence-corrected chi connectivity index (χ0v) is 11.2. The Bertz CT molecular complexity index is 514. The summed E-state index contributed by atoms with van der Waals surface area (Å²) >= 11 is 0. The van der Waals surface area contributed by atoms with Gasteiger partial charge >= 0.3 is 0 Å². The molecule has 0 amide bonds. The van der Waals surface area contributed by atoms with Crippen LogP contribution in [-0.4, -0.2) is 35.9 Å². The molecule has 0 aromatic rings. The van der Waals surface area contributed by atoms with Gasteiger partial charge in [0, 0.05) is 11.8 Å². The van der Waals surface area contributed by atoms with Crippen LogP contribution in [-0.2, 0) is 19.5 Å². The van der Waals surface area contributed by atoms with Crippen LogP contribution in [0.4, 0.5) is 0 Å². The lowest BCUT2D eigenvalue weighted by Crippen LogP contribution is -2.43. The Labute approximate surface area is 106 Å². The monoisotopic (exact) mass is 275 g/mol. The number of hydrogen-bond donors (Lipinski definition) is 1. The van der Waals surface area contributed by atoms with E-state index in [0.717, 1.165) is 6.42 Å². The summed E-state index contributed by atoms with van der Waals surface area (Å²) in [5.41, 5.74) is -2.36. The molecular formula is C11H17NO5S. The molecule has 0 radical (unpaired) electrons. The lowest BCUT2D eigenvalue weighted by Gasteiger charge is -2.35. The average molecular weight is 275 g/mol. The molecule has 0 aromatic carbocycles. The molecule has 102 valence electrons. The highest BCUT2D eigenvalue weighted by molar-refractivity contribution is 7.92. The molecule has 1 N–H and O–H groups in total. The van der Waals surface area contributed by atoms with Crippen LogP contribution in [0.3, 0.4) is 0 Å². The molecule has 1 heterocycles. The van der Waals surface area contributed by atoms with Gasteiger partial charge in [-0.1, -0.05) is 13.8 Å². The van der Waals surface area contributed by atoms with Crippen molar-refractivity contribution in [3.63, 3.8) is 0 Å². The highest BCUT2D eigenvalue weighted by Gasteiger charge is 2.67. The first-order valence-corrected chi connectivity index (χ1v) is 7.82. The van der Waals surface area contributed by atoms with E-state index in [0.29, 0.717) is 18.1 Å². The molecular weight excluding hydrogens is 258 g/mol. The van der Waals surface area contributed by atoms with E-state index in [4.69, 9.17) is 5.21 Å². The number of Topliss-reactive ketones (excluding diaryl/α,β-unsaturated/α-hetero) is 1. The number of carbonyl (C=O) groups is 1. The molecule has 3 unspecified atom stereocenters. The van der Waals surface area contributed by atoms with Gasteiger partial charge in [-0.15, -0.1) is 0 Å². The summed E-state index contributed by atoms with van der Waals surface area (Å²) in [6.45, 7) is 3.96. The highest BCUT2D eigenvalue weighted by Crippen LogP contribution is 2.64. The van der Waals surface area contributed by atoms with E-state index in [1.807, 2.05) is 13.8 Å². The molecule has 6 nitrogen and oxygen atoms in total. The highest BCUT2D eigenvalue weighted by atomic mass is 32.2. The van der Waals surface area contributed by atoms with Crippen molar-refractivity contribution in [3.8, 4) is 0 Å². The van der Waals surface area contributed by atoms with Crippen molar-refractivity contribution in [2.45, 2.75) is 38.7 Å². The van der Waals surface area contributed by atoms with Crippen LogP contribution in [0, 0.1) is 16.7 Å². The minimum Gasteiger partial charge on any atom is -0.299 e. The Morgan fingerprint density at radius 3 is 2.50 bits per heavy atom. The third kappa shape index (κ3) is 1.39. The van der Waals surface area contributed by atoms with Gasteiger partial charge in [0.25, 0.3) is 5.56 Å². The first-order valence-electron chi connectivity index (χ1n) is 6.10. The molecule has 1 saturated heterocycles. The van der Waals surface area contributed by atoms with E-state index in [1.54, 1.807) is 0 Å². The smallest absolute Gasteiger partial charge is 0.283 e. The Balaban J connectivity index is 1.94. The molecule has 3 fully saturated rings. The van der Waals surface area contributed by atoms with Crippen LogP contribution in [0.1, 0.15) is 33.1 Å². The Morgan fingerprint density at radius 1 is 1.50 bits per heavy atom. The number of carbonyl (C=O) groups excluding carboxylic acids is 1. The fourth-order valence-electron chi connectivity index (χ4n) is 3.79. The first kappa shape index (κ1) is 12.5. The van der Waals surface area contributed by atoms with Gasteiger partial charge in [-0.05, 0) is 29.4 Å². The topological polar surface area (TPSA) is 87.0 Å². The van der Waals surface area contributed by atoms with Gasteiger partial charge in [-0.2, -0.15) is 0 Å². The summed E-state index contributed by atoms with van der Waals surface area (Å²) in [7, 11) is -3.63. The van der Waals surface area contributed by atoms with Gasteiger partial charge in [0.15, 0.2) is 9.84 Å². The van der Waals surface area contributed by atoms with Crippen molar-refractivity contribution < 1.29 is 23.3 Å². The normalized spacial score (nSPS) is 45.5. The predicted octanol–water partition coefficient (Wildman–Crippen LogP) is 0.717. The number of rotatable bonds is 3. The van der Waals surface area contributed by atoms with Crippen LogP contribution in [0.2, 0.25) is 0 Å². The molecule has 0 spiro atoms. The molecule has 1 aliphatic heterocycles. The largest absolute Gasteiger partial charge is 0.299 e. The maximum absolute atomic E-state index is 12.2. The summed E-state index contributed by atoms with van der Waals surface area (Å²) < 4.78 is 24.2. The average Bonchev–Trinajstić information content (AvgIpc) is 2.90. The first-order chi connectivity index (χ1) is 8.21. The predicted molar refractivity (Wildman–Crippen MR) is 60.8 cm³/mol. The number of nitrogens with zero attached hydrogens (tertiary/aromatic N) is 1. The summed E-state index contributed by atoms with van der Waals surface area (Å²) in [5.74, 6) is 0.118. The minimum absolute atomic E-state index is 0.0532. The van der Waals surface area contributed by atoms with Crippen LogP contribution in [0.25, 0.3) is 0 Å². The molecule has 18 heavy (non-hydrogen) atoms. The summed E-state index contributed by atoms with van der Waals surface area (Å²) in [6.07, 6.45) is 2.01. The van der Waals surface area contributed by atoms with Crippen LogP contribution >= 0.6 is 0 Å². The molecule has 2 aliphatic carbocycles. The van der Waals surface area contributed by atoms with Gasteiger partial charge in [0.2, 0.25) is 0 Å². The van der Waals surface area contributed by atoms with Crippen molar-refractivity contribution in [2.75, 3.05) is 5.75 Å². The molecule has 4 atom stereocenters. The molecule has 3 rings (SSSR count). The van der Waals surface area contributed by atoms with Gasteiger partial charge in [0.1, 0.15) is 5.78 Å². The fourth-order valence-corrected chi connectivity index (χ4v) is 5.79. The number of sulfone groups is 1. The SMILES string of the molecule is CC1(C)C2CC[C@@]1(CS(=O)(=O)C1ON1O)C(=O)C2. The zero-order chi connectivity index (χ0) is 13.3. The van der Waals surface area contributed by atoms with Crippen molar-refractivity contribution >= 4 is 15.6 Å². The van der Waals surface area contributed by atoms with Gasteiger partial charge in [-0.25, -0.2) is 13.3 Å². The lowest BCUT2D eigenvalue weighted by atomic mass is 9.70. The number of ketones is 1. The Morgan fingerprint density at radius 2 is 2.11 bits per heavy atom.